The molecule has 0 atom stereocenters. The molecule has 1 aliphatic carbocycles. The summed E-state index contributed by atoms with van der Waals surface area (Å²) in [6, 6.07) is 8.28. The van der Waals surface area contributed by atoms with E-state index in [4.69, 9.17) is 4.42 Å². The number of aromatic nitrogens is 2. The summed E-state index contributed by atoms with van der Waals surface area (Å²) in [5.74, 6) is 1.95. The second kappa shape index (κ2) is 6.04. The van der Waals surface area contributed by atoms with Crippen LogP contribution in [0.25, 0.3) is 17.5 Å². The van der Waals surface area contributed by atoms with Crippen LogP contribution in [0.2, 0.25) is 0 Å². The smallest absolute Gasteiger partial charge is 0.247 e. The molecule has 0 aliphatic heterocycles. The van der Waals surface area contributed by atoms with Crippen LogP contribution in [0.5, 0.6) is 0 Å². The molecular formula is C17H20N2O. The second-order valence-corrected chi connectivity index (χ2v) is 5.51. The van der Waals surface area contributed by atoms with Crippen molar-refractivity contribution in [2.75, 3.05) is 0 Å². The van der Waals surface area contributed by atoms with Gasteiger partial charge in [0.15, 0.2) is 0 Å². The van der Waals surface area contributed by atoms with Crippen LogP contribution in [0, 0.1) is 12.8 Å². The molecule has 1 fully saturated rings. The summed E-state index contributed by atoms with van der Waals surface area (Å²) in [6.07, 6.45) is 11.5. The molecule has 2 aromatic rings. The Bertz CT molecular complexity index is 577. The summed E-state index contributed by atoms with van der Waals surface area (Å²) in [6.45, 7) is 1.80. The summed E-state index contributed by atoms with van der Waals surface area (Å²) < 4.78 is 5.42. The van der Waals surface area contributed by atoms with Gasteiger partial charge in [-0.15, -0.1) is 10.2 Å². The van der Waals surface area contributed by atoms with E-state index in [2.05, 4.69) is 34.5 Å². The van der Waals surface area contributed by atoms with Gasteiger partial charge in [0, 0.05) is 12.5 Å². The Balaban J connectivity index is 1.68. The third-order valence-corrected chi connectivity index (χ3v) is 3.89. The molecule has 0 unspecified atom stereocenters. The van der Waals surface area contributed by atoms with Crippen molar-refractivity contribution in [3.8, 4) is 11.5 Å². The van der Waals surface area contributed by atoms with Gasteiger partial charge < -0.3 is 4.42 Å². The van der Waals surface area contributed by atoms with Crippen molar-refractivity contribution in [3.05, 3.63) is 41.8 Å². The molecule has 1 aromatic heterocycles. The Morgan fingerprint density at radius 2 is 1.80 bits per heavy atom. The fourth-order valence-corrected chi connectivity index (χ4v) is 2.72. The fourth-order valence-electron chi connectivity index (χ4n) is 2.72. The largest absolute Gasteiger partial charge is 0.421 e. The van der Waals surface area contributed by atoms with E-state index in [1.807, 2.05) is 12.1 Å². The maximum absolute atomic E-state index is 5.42. The van der Waals surface area contributed by atoms with Crippen molar-refractivity contribution >= 4 is 6.08 Å². The maximum atomic E-state index is 5.42. The quantitative estimate of drug-likeness (QED) is 0.814. The Kier molecular flexibility index (Phi) is 3.95. The first-order valence-electron chi connectivity index (χ1n) is 7.40. The zero-order valence-corrected chi connectivity index (χ0v) is 11.9. The highest BCUT2D eigenvalue weighted by Gasteiger charge is 2.09. The van der Waals surface area contributed by atoms with Crippen molar-refractivity contribution in [1.82, 2.24) is 10.2 Å². The van der Waals surface area contributed by atoms with Gasteiger partial charge in [0.1, 0.15) is 0 Å². The molecule has 0 bridgehead atoms. The van der Waals surface area contributed by atoms with E-state index in [1.165, 1.54) is 37.7 Å². The Morgan fingerprint density at radius 3 is 2.45 bits per heavy atom. The van der Waals surface area contributed by atoms with Gasteiger partial charge in [-0.2, -0.15) is 0 Å². The van der Waals surface area contributed by atoms with Gasteiger partial charge >= 0.3 is 0 Å². The van der Waals surface area contributed by atoms with Gasteiger partial charge in [-0.05, 0) is 36.5 Å². The van der Waals surface area contributed by atoms with Crippen LogP contribution in [0.1, 0.15) is 43.6 Å². The van der Waals surface area contributed by atoms with Gasteiger partial charge in [-0.25, -0.2) is 0 Å². The van der Waals surface area contributed by atoms with E-state index in [0.717, 1.165) is 11.5 Å². The highest BCUT2D eigenvalue weighted by Crippen LogP contribution is 2.25. The topological polar surface area (TPSA) is 38.9 Å². The predicted octanol–water partition coefficient (Wildman–Crippen LogP) is 4.64. The normalized spacial score (nSPS) is 16.9. The van der Waals surface area contributed by atoms with Crippen molar-refractivity contribution in [1.29, 1.82) is 0 Å². The highest BCUT2D eigenvalue weighted by molar-refractivity contribution is 5.58. The minimum absolute atomic E-state index is 0.588. The summed E-state index contributed by atoms with van der Waals surface area (Å²) >= 11 is 0. The van der Waals surface area contributed by atoms with Crippen LogP contribution in [0.15, 0.2) is 34.8 Å². The molecule has 1 saturated carbocycles. The third-order valence-electron chi connectivity index (χ3n) is 3.89. The minimum Gasteiger partial charge on any atom is -0.421 e. The maximum Gasteiger partial charge on any atom is 0.247 e. The van der Waals surface area contributed by atoms with Gasteiger partial charge in [0.25, 0.3) is 0 Å². The Morgan fingerprint density at radius 1 is 1.05 bits per heavy atom. The lowest BCUT2D eigenvalue weighted by Gasteiger charge is -2.17. The minimum atomic E-state index is 0.588. The molecule has 1 aromatic carbocycles. The molecule has 0 radical (unpaired) electrons. The standard InChI is InChI=1S/C17H20N2O/c1-13-18-19-17(20-13)16-11-9-15(10-12-16)8-7-14-5-3-2-4-6-14/h7-12,14H,2-6H2,1H3. The van der Waals surface area contributed by atoms with E-state index in [1.54, 1.807) is 6.92 Å². The zero-order chi connectivity index (χ0) is 13.8. The van der Waals surface area contributed by atoms with Crippen molar-refractivity contribution in [3.63, 3.8) is 0 Å². The van der Waals surface area contributed by atoms with E-state index >= 15 is 0 Å². The van der Waals surface area contributed by atoms with Crippen LogP contribution < -0.4 is 0 Å². The van der Waals surface area contributed by atoms with Crippen LogP contribution in [-0.4, -0.2) is 10.2 Å². The monoisotopic (exact) mass is 268 g/mol. The van der Waals surface area contributed by atoms with Crippen LogP contribution >= 0.6 is 0 Å². The van der Waals surface area contributed by atoms with Crippen molar-refractivity contribution in [2.24, 2.45) is 5.92 Å². The molecular weight excluding hydrogens is 248 g/mol. The van der Waals surface area contributed by atoms with Gasteiger partial charge in [-0.3, -0.25) is 0 Å². The number of aryl methyl sites for hydroxylation is 1. The molecule has 3 rings (SSSR count). The first-order chi connectivity index (χ1) is 9.81. The average Bonchev–Trinajstić information content (AvgIpc) is 2.93. The Labute approximate surface area is 119 Å². The number of rotatable bonds is 3. The van der Waals surface area contributed by atoms with Gasteiger partial charge in [0.05, 0.1) is 0 Å². The molecule has 1 heterocycles. The lowest BCUT2D eigenvalue weighted by Crippen LogP contribution is -2.02. The molecule has 0 spiro atoms. The molecule has 104 valence electrons. The first-order valence-corrected chi connectivity index (χ1v) is 7.40. The van der Waals surface area contributed by atoms with Crippen molar-refractivity contribution < 1.29 is 4.42 Å². The van der Waals surface area contributed by atoms with E-state index in [9.17, 15) is 0 Å². The third kappa shape index (κ3) is 3.16. The van der Waals surface area contributed by atoms with Gasteiger partial charge in [0.2, 0.25) is 11.8 Å². The van der Waals surface area contributed by atoms with Crippen molar-refractivity contribution in [2.45, 2.75) is 39.0 Å². The molecule has 3 heteroatoms. The lowest BCUT2D eigenvalue weighted by molar-refractivity contribution is 0.420. The van der Waals surface area contributed by atoms with Crippen LogP contribution in [-0.2, 0) is 0 Å². The van der Waals surface area contributed by atoms with E-state index in [0.29, 0.717) is 11.8 Å². The highest BCUT2D eigenvalue weighted by atomic mass is 16.4. The van der Waals surface area contributed by atoms with E-state index < -0.39 is 0 Å². The molecule has 0 N–H and O–H groups in total. The predicted molar refractivity (Wildman–Crippen MR) is 80.1 cm³/mol. The summed E-state index contributed by atoms with van der Waals surface area (Å²) in [4.78, 5) is 0. The molecule has 1 aliphatic rings. The molecule has 20 heavy (non-hydrogen) atoms. The second-order valence-electron chi connectivity index (χ2n) is 5.51. The lowest BCUT2D eigenvalue weighted by atomic mass is 9.89. The number of benzene rings is 1. The van der Waals surface area contributed by atoms with Gasteiger partial charge in [-0.1, -0.05) is 43.5 Å². The summed E-state index contributed by atoms with van der Waals surface area (Å²) in [5.41, 5.74) is 2.20. The van der Waals surface area contributed by atoms with Crippen LogP contribution in [0.4, 0.5) is 0 Å². The average molecular weight is 268 g/mol. The number of hydrogen-bond acceptors (Lipinski definition) is 3. The number of nitrogens with zero attached hydrogens (tertiary/aromatic N) is 2. The molecule has 0 amide bonds. The number of allylic oxidation sites excluding steroid dienone is 1. The molecule has 0 saturated heterocycles. The number of hydrogen-bond donors (Lipinski definition) is 0. The summed E-state index contributed by atoms with van der Waals surface area (Å²) in [7, 11) is 0. The van der Waals surface area contributed by atoms with Crippen LogP contribution in [0.3, 0.4) is 0 Å². The first kappa shape index (κ1) is 13.1. The SMILES string of the molecule is Cc1nnc(-c2ccc(C=CC3CCCCC3)cc2)o1. The Hall–Kier alpha value is -1.90. The zero-order valence-electron chi connectivity index (χ0n) is 11.9. The molecule has 3 nitrogen and oxygen atoms in total. The van der Waals surface area contributed by atoms with E-state index in [-0.39, 0.29) is 0 Å². The fraction of sp³-hybridized carbons (Fsp3) is 0.412. The summed E-state index contributed by atoms with van der Waals surface area (Å²) in [5, 5.41) is 7.88.